The van der Waals surface area contributed by atoms with Crippen LogP contribution in [-0.2, 0) is 11.2 Å². The largest absolute Gasteiger partial charge is 0.367 e. The van der Waals surface area contributed by atoms with Gasteiger partial charge < -0.3 is 4.98 Å². The molecule has 2 N–H and O–H groups in total. The van der Waals surface area contributed by atoms with Crippen LogP contribution in [0.2, 0.25) is 0 Å². The van der Waals surface area contributed by atoms with Gasteiger partial charge in [0.05, 0.1) is 0 Å². The highest BCUT2D eigenvalue weighted by Crippen LogP contribution is 2.01. The molecule has 0 aliphatic rings. The standard InChI is InChI=1S/C8H7N5O2/c14-6(3-5-1-2-9-4-5)7(15)8-10-12-13-11-8/h1-2,4,9H,3H2,(H,10,11,12,13). The monoisotopic (exact) mass is 205 g/mol. The molecule has 0 atom stereocenters. The Kier molecular flexibility index (Phi) is 2.36. The molecule has 0 saturated heterocycles. The number of aromatic nitrogens is 5. The van der Waals surface area contributed by atoms with E-state index in [1.807, 2.05) is 0 Å². The molecule has 0 bridgehead atoms. The number of hydrogen-bond acceptors (Lipinski definition) is 5. The quantitative estimate of drug-likeness (QED) is 0.518. The van der Waals surface area contributed by atoms with E-state index in [0.29, 0.717) is 0 Å². The molecule has 0 radical (unpaired) electrons. The third-order valence-electron chi connectivity index (χ3n) is 1.83. The van der Waals surface area contributed by atoms with E-state index >= 15 is 0 Å². The minimum atomic E-state index is -0.732. The normalized spacial score (nSPS) is 10.1. The van der Waals surface area contributed by atoms with E-state index < -0.39 is 11.6 Å². The van der Waals surface area contributed by atoms with Crippen LogP contribution in [0.4, 0.5) is 0 Å². The summed E-state index contributed by atoms with van der Waals surface area (Å²) in [4.78, 5) is 25.6. The van der Waals surface area contributed by atoms with Crippen molar-refractivity contribution < 1.29 is 9.59 Å². The third-order valence-corrected chi connectivity index (χ3v) is 1.83. The molecule has 2 heterocycles. The molecule has 76 valence electrons. The fraction of sp³-hybridized carbons (Fsp3) is 0.125. The maximum Gasteiger partial charge on any atom is 0.269 e. The molecular weight excluding hydrogens is 198 g/mol. The van der Waals surface area contributed by atoms with Crippen LogP contribution in [0.15, 0.2) is 18.5 Å². The van der Waals surface area contributed by atoms with E-state index in [2.05, 4.69) is 25.6 Å². The Balaban J connectivity index is 2.06. The molecule has 0 unspecified atom stereocenters. The summed E-state index contributed by atoms with van der Waals surface area (Å²) in [6.45, 7) is 0. The van der Waals surface area contributed by atoms with Gasteiger partial charge in [-0.15, -0.1) is 10.2 Å². The fourth-order valence-electron chi connectivity index (χ4n) is 1.12. The van der Waals surface area contributed by atoms with Gasteiger partial charge in [-0.3, -0.25) is 9.59 Å². The number of carbonyl (C=O) groups is 2. The van der Waals surface area contributed by atoms with Gasteiger partial charge in [-0.25, -0.2) is 0 Å². The van der Waals surface area contributed by atoms with Crippen molar-refractivity contribution in [1.29, 1.82) is 0 Å². The minimum Gasteiger partial charge on any atom is -0.367 e. The molecule has 2 rings (SSSR count). The average Bonchev–Trinajstić information content (AvgIpc) is 2.88. The third kappa shape index (κ3) is 1.96. The van der Waals surface area contributed by atoms with E-state index in [1.54, 1.807) is 18.5 Å². The fourth-order valence-corrected chi connectivity index (χ4v) is 1.12. The van der Waals surface area contributed by atoms with Crippen LogP contribution < -0.4 is 0 Å². The smallest absolute Gasteiger partial charge is 0.269 e. The van der Waals surface area contributed by atoms with Crippen molar-refractivity contribution in [2.24, 2.45) is 0 Å². The first-order valence-corrected chi connectivity index (χ1v) is 4.20. The molecule has 2 aromatic heterocycles. The van der Waals surface area contributed by atoms with Gasteiger partial charge in [0, 0.05) is 18.8 Å². The Morgan fingerprint density at radius 2 is 2.27 bits per heavy atom. The second kappa shape index (κ2) is 3.82. The highest BCUT2D eigenvalue weighted by molar-refractivity contribution is 6.43. The first-order valence-electron chi connectivity index (χ1n) is 4.20. The summed E-state index contributed by atoms with van der Waals surface area (Å²) in [5.41, 5.74) is 0.747. The average molecular weight is 205 g/mol. The minimum absolute atomic E-state index is 0.0386. The first-order chi connectivity index (χ1) is 7.27. The molecule has 0 fully saturated rings. The summed E-state index contributed by atoms with van der Waals surface area (Å²) in [6, 6.07) is 1.72. The Labute approximate surface area is 83.9 Å². The number of Topliss-reactive ketones (excluding diaryl/α,β-unsaturated/α-hetero) is 2. The second-order valence-electron chi connectivity index (χ2n) is 2.88. The maximum atomic E-state index is 11.4. The molecule has 0 aliphatic heterocycles. The van der Waals surface area contributed by atoms with Crippen LogP contribution >= 0.6 is 0 Å². The Bertz CT molecular complexity index is 459. The number of tetrazole rings is 1. The summed E-state index contributed by atoms with van der Waals surface area (Å²) in [5, 5.41) is 12.2. The number of nitrogens with zero attached hydrogens (tertiary/aromatic N) is 3. The van der Waals surface area contributed by atoms with E-state index in [0.717, 1.165) is 5.56 Å². The number of aromatic amines is 2. The molecule has 0 aliphatic carbocycles. The lowest BCUT2D eigenvalue weighted by atomic mass is 10.1. The van der Waals surface area contributed by atoms with Crippen LogP contribution in [0.25, 0.3) is 0 Å². The van der Waals surface area contributed by atoms with E-state index in [-0.39, 0.29) is 12.2 Å². The summed E-state index contributed by atoms with van der Waals surface area (Å²) < 4.78 is 0. The van der Waals surface area contributed by atoms with Crippen LogP contribution in [0.1, 0.15) is 16.2 Å². The van der Waals surface area contributed by atoms with Crippen molar-refractivity contribution in [3.8, 4) is 0 Å². The van der Waals surface area contributed by atoms with Crippen molar-refractivity contribution in [2.45, 2.75) is 6.42 Å². The van der Waals surface area contributed by atoms with Gasteiger partial charge in [0.25, 0.3) is 5.78 Å². The van der Waals surface area contributed by atoms with Crippen molar-refractivity contribution in [1.82, 2.24) is 25.6 Å². The van der Waals surface area contributed by atoms with Crippen molar-refractivity contribution in [3.05, 3.63) is 29.8 Å². The van der Waals surface area contributed by atoms with Crippen LogP contribution in [0, 0.1) is 0 Å². The van der Waals surface area contributed by atoms with Crippen molar-refractivity contribution >= 4 is 11.6 Å². The summed E-state index contributed by atoms with van der Waals surface area (Å²) in [7, 11) is 0. The van der Waals surface area contributed by atoms with Crippen molar-refractivity contribution in [2.75, 3.05) is 0 Å². The lowest BCUT2D eigenvalue weighted by molar-refractivity contribution is -0.114. The molecular formula is C8H7N5O2. The molecule has 0 spiro atoms. The zero-order valence-electron chi connectivity index (χ0n) is 7.60. The van der Waals surface area contributed by atoms with Gasteiger partial charge in [-0.05, 0) is 16.8 Å². The van der Waals surface area contributed by atoms with Crippen LogP contribution in [0.3, 0.4) is 0 Å². The van der Waals surface area contributed by atoms with Gasteiger partial charge in [0.15, 0.2) is 0 Å². The Morgan fingerprint density at radius 1 is 1.40 bits per heavy atom. The topological polar surface area (TPSA) is 104 Å². The number of hydrogen-bond donors (Lipinski definition) is 2. The van der Waals surface area contributed by atoms with Gasteiger partial charge in [-0.2, -0.15) is 5.21 Å². The SMILES string of the molecule is O=C(Cc1cc[nH]c1)C(=O)c1nn[nH]n1. The number of H-pyrrole nitrogens is 2. The van der Waals surface area contributed by atoms with E-state index in [4.69, 9.17) is 0 Å². The maximum absolute atomic E-state index is 11.4. The van der Waals surface area contributed by atoms with Crippen LogP contribution in [-0.4, -0.2) is 37.2 Å². The Hall–Kier alpha value is -2.31. The predicted molar refractivity (Wildman–Crippen MR) is 48.0 cm³/mol. The number of nitrogens with one attached hydrogen (secondary N) is 2. The molecule has 15 heavy (non-hydrogen) atoms. The zero-order valence-corrected chi connectivity index (χ0v) is 7.60. The summed E-state index contributed by atoms with van der Waals surface area (Å²) in [5.74, 6) is -1.49. The van der Waals surface area contributed by atoms with Crippen LogP contribution in [0.5, 0.6) is 0 Å². The molecule has 0 amide bonds. The summed E-state index contributed by atoms with van der Waals surface area (Å²) in [6.07, 6.45) is 3.37. The number of carbonyl (C=O) groups excluding carboxylic acids is 2. The lowest BCUT2D eigenvalue weighted by Gasteiger charge is -1.93. The Morgan fingerprint density at radius 3 is 2.87 bits per heavy atom. The highest BCUT2D eigenvalue weighted by atomic mass is 16.2. The zero-order chi connectivity index (χ0) is 10.7. The molecule has 2 aromatic rings. The predicted octanol–water partition coefficient (Wildman–Crippen LogP) is -0.478. The van der Waals surface area contributed by atoms with Gasteiger partial charge in [0.2, 0.25) is 11.6 Å². The molecule has 0 saturated carbocycles. The molecule has 7 heteroatoms. The number of rotatable bonds is 4. The van der Waals surface area contributed by atoms with Gasteiger partial charge in [-0.1, -0.05) is 0 Å². The summed E-state index contributed by atoms with van der Waals surface area (Å²) >= 11 is 0. The lowest BCUT2D eigenvalue weighted by Crippen LogP contribution is -2.17. The molecule has 0 aromatic carbocycles. The van der Waals surface area contributed by atoms with Gasteiger partial charge in [0.1, 0.15) is 0 Å². The van der Waals surface area contributed by atoms with E-state index in [9.17, 15) is 9.59 Å². The van der Waals surface area contributed by atoms with Crippen molar-refractivity contribution in [3.63, 3.8) is 0 Å². The molecule has 7 nitrogen and oxygen atoms in total. The second-order valence-corrected chi connectivity index (χ2v) is 2.88. The highest BCUT2D eigenvalue weighted by Gasteiger charge is 2.20. The first kappa shape index (κ1) is 9.25. The number of ketones is 2. The van der Waals surface area contributed by atoms with E-state index in [1.165, 1.54) is 0 Å². The van der Waals surface area contributed by atoms with Gasteiger partial charge >= 0.3 is 0 Å².